The number of benzene rings is 1. The molecule has 1 aromatic carbocycles. The number of nitrogens with zero attached hydrogens (tertiary/aromatic N) is 2. The second-order valence-corrected chi connectivity index (χ2v) is 4.11. The van der Waals surface area contributed by atoms with Crippen molar-refractivity contribution in [3.8, 4) is 0 Å². The number of imidazole rings is 1. The molecular formula is C13H14F2N2. The molecule has 0 aliphatic carbocycles. The summed E-state index contributed by atoms with van der Waals surface area (Å²) >= 11 is 0. The maximum Gasteiger partial charge on any atom is 0.159 e. The molecule has 0 N–H and O–H groups in total. The topological polar surface area (TPSA) is 17.8 Å². The highest BCUT2D eigenvalue weighted by molar-refractivity contribution is 5.18. The molecule has 0 radical (unpaired) electrons. The molecule has 0 bridgehead atoms. The summed E-state index contributed by atoms with van der Waals surface area (Å²) in [6.07, 6.45) is 2.43. The molecule has 0 saturated carbocycles. The Bertz CT molecular complexity index is 532. The fraction of sp³-hybridized carbons (Fsp3) is 0.308. The van der Waals surface area contributed by atoms with Gasteiger partial charge in [-0.05, 0) is 38.0 Å². The van der Waals surface area contributed by atoms with E-state index in [9.17, 15) is 8.78 Å². The molecule has 0 atom stereocenters. The maximum atomic E-state index is 13.0. The molecule has 0 spiro atoms. The van der Waals surface area contributed by atoms with Crippen molar-refractivity contribution in [2.75, 3.05) is 0 Å². The molecule has 4 heteroatoms. The fourth-order valence-electron chi connectivity index (χ4n) is 1.71. The highest BCUT2D eigenvalue weighted by Crippen LogP contribution is 2.11. The first-order valence-corrected chi connectivity index (χ1v) is 5.50. The number of hydrogen-bond acceptors (Lipinski definition) is 1. The zero-order valence-corrected chi connectivity index (χ0v) is 9.87. The van der Waals surface area contributed by atoms with Crippen LogP contribution in [0.25, 0.3) is 0 Å². The molecule has 0 fully saturated rings. The molecule has 0 aliphatic rings. The molecule has 0 aliphatic heterocycles. The summed E-state index contributed by atoms with van der Waals surface area (Å²) in [4.78, 5) is 4.19. The average molecular weight is 236 g/mol. The van der Waals surface area contributed by atoms with E-state index in [1.807, 2.05) is 18.4 Å². The molecule has 0 unspecified atom stereocenters. The van der Waals surface area contributed by atoms with E-state index in [-0.39, 0.29) is 0 Å². The molecule has 1 aromatic heterocycles. The van der Waals surface area contributed by atoms with Gasteiger partial charge >= 0.3 is 0 Å². The van der Waals surface area contributed by atoms with E-state index in [2.05, 4.69) is 4.98 Å². The van der Waals surface area contributed by atoms with Crippen LogP contribution in [0, 0.1) is 25.5 Å². The van der Waals surface area contributed by atoms with Crippen molar-refractivity contribution in [2.45, 2.75) is 26.8 Å². The Morgan fingerprint density at radius 3 is 2.53 bits per heavy atom. The minimum absolute atomic E-state index is 0.661. The Hall–Kier alpha value is -1.71. The lowest BCUT2D eigenvalue weighted by molar-refractivity contribution is 0.506. The molecule has 1 heterocycles. The van der Waals surface area contributed by atoms with Gasteiger partial charge in [-0.15, -0.1) is 0 Å². The Kier molecular flexibility index (Phi) is 3.22. The lowest BCUT2D eigenvalue weighted by Crippen LogP contribution is -2.02. The lowest BCUT2D eigenvalue weighted by atomic mass is 10.1. The molecule has 0 saturated heterocycles. The smallest absolute Gasteiger partial charge is 0.159 e. The van der Waals surface area contributed by atoms with Crippen molar-refractivity contribution in [2.24, 2.45) is 0 Å². The summed E-state index contributed by atoms with van der Waals surface area (Å²) in [7, 11) is 0. The first-order valence-electron chi connectivity index (χ1n) is 5.50. The number of aryl methyl sites for hydroxylation is 3. The van der Waals surface area contributed by atoms with E-state index in [1.54, 1.807) is 12.4 Å². The Labute approximate surface area is 98.9 Å². The third-order valence-electron chi connectivity index (χ3n) is 2.97. The van der Waals surface area contributed by atoms with Gasteiger partial charge in [-0.1, -0.05) is 6.07 Å². The monoisotopic (exact) mass is 236 g/mol. The summed E-state index contributed by atoms with van der Waals surface area (Å²) in [5.41, 5.74) is 2.89. The SMILES string of the molecule is Cc1ncn(CCc2ccc(F)c(F)c2)c1C. The van der Waals surface area contributed by atoms with E-state index < -0.39 is 11.6 Å². The van der Waals surface area contributed by atoms with Crippen molar-refractivity contribution >= 4 is 0 Å². The van der Waals surface area contributed by atoms with Crippen LogP contribution in [0.1, 0.15) is 17.0 Å². The summed E-state index contributed by atoms with van der Waals surface area (Å²) in [6, 6.07) is 4.02. The van der Waals surface area contributed by atoms with Gasteiger partial charge in [0.2, 0.25) is 0 Å². The normalized spacial score (nSPS) is 10.8. The van der Waals surface area contributed by atoms with E-state index in [0.29, 0.717) is 6.42 Å². The largest absolute Gasteiger partial charge is 0.334 e. The van der Waals surface area contributed by atoms with Crippen molar-refractivity contribution in [1.29, 1.82) is 0 Å². The van der Waals surface area contributed by atoms with Crippen LogP contribution in [0.2, 0.25) is 0 Å². The van der Waals surface area contributed by atoms with Crippen LogP contribution in [0.4, 0.5) is 8.78 Å². The molecule has 0 amide bonds. The van der Waals surface area contributed by atoms with Gasteiger partial charge < -0.3 is 4.57 Å². The van der Waals surface area contributed by atoms with Crippen LogP contribution in [-0.4, -0.2) is 9.55 Å². The second-order valence-electron chi connectivity index (χ2n) is 4.11. The van der Waals surface area contributed by atoms with E-state index in [4.69, 9.17) is 0 Å². The van der Waals surface area contributed by atoms with Crippen molar-refractivity contribution in [3.05, 3.63) is 53.1 Å². The van der Waals surface area contributed by atoms with Crippen LogP contribution >= 0.6 is 0 Å². The third-order valence-corrected chi connectivity index (χ3v) is 2.97. The fourth-order valence-corrected chi connectivity index (χ4v) is 1.71. The average Bonchev–Trinajstić information content (AvgIpc) is 2.62. The Balaban J connectivity index is 2.07. The van der Waals surface area contributed by atoms with Gasteiger partial charge in [0, 0.05) is 12.2 Å². The first-order chi connectivity index (χ1) is 8.08. The van der Waals surface area contributed by atoms with Crippen LogP contribution in [0.5, 0.6) is 0 Å². The summed E-state index contributed by atoms with van der Waals surface area (Å²) in [5.74, 6) is -1.59. The molecule has 17 heavy (non-hydrogen) atoms. The predicted molar refractivity (Wildman–Crippen MR) is 61.8 cm³/mol. The maximum absolute atomic E-state index is 13.0. The van der Waals surface area contributed by atoms with Gasteiger partial charge in [0.25, 0.3) is 0 Å². The zero-order chi connectivity index (χ0) is 12.4. The van der Waals surface area contributed by atoms with Gasteiger partial charge in [-0.3, -0.25) is 0 Å². The van der Waals surface area contributed by atoms with Crippen LogP contribution < -0.4 is 0 Å². The van der Waals surface area contributed by atoms with Gasteiger partial charge in [-0.2, -0.15) is 0 Å². The molecule has 2 rings (SSSR count). The number of rotatable bonds is 3. The van der Waals surface area contributed by atoms with Crippen LogP contribution in [0.15, 0.2) is 24.5 Å². The Morgan fingerprint density at radius 2 is 1.94 bits per heavy atom. The van der Waals surface area contributed by atoms with Crippen molar-refractivity contribution < 1.29 is 8.78 Å². The van der Waals surface area contributed by atoms with E-state index >= 15 is 0 Å². The van der Waals surface area contributed by atoms with Crippen LogP contribution in [-0.2, 0) is 13.0 Å². The number of halogens is 2. The predicted octanol–water partition coefficient (Wildman–Crippen LogP) is 3.02. The lowest BCUT2D eigenvalue weighted by Gasteiger charge is -2.06. The minimum Gasteiger partial charge on any atom is -0.334 e. The zero-order valence-electron chi connectivity index (χ0n) is 9.87. The standard InChI is InChI=1S/C13H14F2N2/c1-9-10(2)17(8-16-9)6-5-11-3-4-12(14)13(15)7-11/h3-4,7-8H,5-6H2,1-2H3. The van der Waals surface area contributed by atoms with E-state index in [0.717, 1.165) is 29.6 Å². The third kappa shape index (κ3) is 2.52. The molecule has 2 aromatic rings. The highest BCUT2D eigenvalue weighted by Gasteiger charge is 2.05. The molecule has 90 valence electrons. The molecular weight excluding hydrogens is 222 g/mol. The van der Waals surface area contributed by atoms with Crippen LogP contribution in [0.3, 0.4) is 0 Å². The van der Waals surface area contributed by atoms with Gasteiger partial charge in [0.1, 0.15) is 0 Å². The van der Waals surface area contributed by atoms with Gasteiger partial charge in [-0.25, -0.2) is 13.8 Å². The highest BCUT2D eigenvalue weighted by atomic mass is 19.2. The second kappa shape index (κ2) is 4.65. The summed E-state index contributed by atoms with van der Waals surface area (Å²) in [6.45, 7) is 4.66. The van der Waals surface area contributed by atoms with Crippen molar-refractivity contribution in [3.63, 3.8) is 0 Å². The van der Waals surface area contributed by atoms with Gasteiger partial charge in [0.15, 0.2) is 11.6 Å². The summed E-state index contributed by atoms with van der Waals surface area (Å²) in [5, 5.41) is 0. The minimum atomic E-state index is -0.802. The number of hydrogen-bond donors (Lipinski definition) is 0. The molecule has 2 nitrogen and oxygen atoms in total. The summed E-state index contributed by atoms with van der Waals surface area (Å²) < 4.78 is 27.7. The quantitative estimate of drug-likeness (QED) is 0.801. The Morgan fingerprint density at radius 1 is 1.18 bits per heavy atom. The van der Waals surface area contributed by atoms with E-state index in [1.165, 1.54) is 6.07 Å². The van der Waals surface area contributed by atoms with Crippen molar-refractivity contribution in [1.82, 2.24) is 9.55 Å². The number of aromatic nitrogens is 2. The van der Waals surface area contributed by atoms with Gasteiger partial charge in [0.05, 0.1) is 12.0 Å². The first kappa shape index (κ1) is 11.8.